The van der Waals surface area contributed by atoms with Crippen LogP contribution in [-0.2, 0) is 6.42 Å². The number of rotatable bonds is 5. The molecule has 0 saturated carbocycles. The van der Waals surface area contributed by atoms with Gasteiger partial charge in [-0.3, -0.25) is 4.79 Å². The maximum absolute atomic E-state index is 11.6. The van der Waals surface area contributed by atoms with E-state index in [-0.39, 0.29) is 5.56 Å². The van der Waals surface area contributed by atoms with Crippen molar-refractivity contribution < 1.29 is 0 Å². The summed E-state index contributed by atoms with van der Waals surface area (Å²) in [5.74, 6) is 0.743. The number of pyridine rings is 1. The zero-order valence-electron chi connectivity index (χ0n) is 13.5. The van der Waals surface area contributed by atoms with E-state index >= 15 is 0 Å². The van der Waals surface area contributed by atoms with Crippen molar-refractivity contribution in [3.63, 3.8) is 0 Å². The molecule has 1 aromatic carbocycles. The third-order valence-electron chi connectivity index (χ3n) is 4.89. The fraction of sp³-hybridized carbons (Fsp3) is 0.526. The standard InChI is InChI=1S/C19H26N2O/c1-2-3-11-21-12-9-15(10-13-21)14-17-6-4-5-16-7-8-18(22)20-19(16)17/h4-8,15H,2-3,9-14H2,1H3,(H,20,22). The van der Waals surface area contributed by atoms with Crippen LogP contribution in [0.15, 0.2) is 35.1 Å². The molecule has 2 heterocycles. The highest BCUT2D eigenvalue weighted by molar-refractivity contribution is 5.81. The van der Waals surface area contributed by atoms with Gasteiger partial charge in [0.2, 0.25) is 5.56 Å². The normalized spacial score (nSPS) is 17.1. The molecule has 0 unspecified atom stereocenters. The molecule has 1 aliphatic rings. The maximum atomic E-state index is 11.6. The quantitative estimate of drug-likeness (QED) is 0.916. The Morgan fingerprint density at radius 2 is 2.00 bits per heavy atom. The molecule has 1 aromatic heterocycles. The van der Waals surface area contributed by atoms with Crippen molar-refractivity contribution in [2.45, 2.75) is 39.0 Å². The van der Waals surface area contributed by atoms with Crippen molar-refractivity contribution in [3.8, 4) is 0 Å². The first-order valence-corrected chi connectivity index (χ1v) is 8.59. The van der Waals surface area contributed by atoms with Gasteiger partial charge in [0.1, 0.15) is 0 Å². The van der Waals surface area contributed by atoms with E-state index < -0.39 is 0 Å². The van der Waals surface area contributed by atoms with Gasteiger partial charge in [-0.25, -0.2) is 0 Å². The van der Waals surface area contributed by atoms with Gasteiger partial charge in [0.15, 0.2) is 0 Å². The predicted octanol–water partition coefficient (Wildman–Crippen LogP) is 3.58. The first-order valence-electron chi connectivity index (χ1n) is 8.59. The molecule has 0 radical (unpaired) electrons. The molecule has 1 saturated heterocycles. The summed E-state index contributed by atoms with van der Waals surface area (Å²) in [4.78, 5) is 17.2. The van der Waals surface area contributed by atoms with Gasteiger partial charge in [0.25, 0.3) is 0 Å². The smallest absolute Gasteiger partial charge is 0.248 e. The van der Waals surface area contributed by atoms with Crippen LogP contribution in [0, 0.1) is 5.92 Å². The molecule has 3 nitrogen and oxygen atoms in total. The van der Waals surface area contributed by atoms with Gasteiger partial charge >= 0.3 is 0 Å². The number of piperidine rings is 1. The third-order valence-corrected chi connectivity index (χ3v) is 4.89. The van der Waals surface area contributed by atoms with Crippen molar-refractivity contribution in [2.75, 3.05) is 19.6 Å². The summed E-state index contributed by atoms with van der Waals surface area (Å²) >= 11 is 0. The third kappa shape index (κ3) is 3.58. The Balaban J connectivity index is 1.67. The molecule has 0 aliphatic carbocycles. The molecular weight excluding hydrogens is 272 g/mol. The maximum Gasteiger partial charge on any atom is 0.248 e. The molecular formula is C19H26N2O. The Morgan fingerprint density at radius 1 is 1.18 bits per heavy atom. The van der Waals surface area contributed by atoms with Crippen molar-refractivity contribution in [1.82, 2.24) is 9.88 Å². The summed E-state index contributed by atoms with van der Waals surface area (Å²) in [5, 5.41) is 1.14. The minimum absolute atomic E-state index is 0.00525. The SMILES string of the molecule is CCCCN1CCC(Cc2cccc3ccc(=O)[nH]c23)CC1. The lowest BCUT2D eigenvalue weighted by atomic mass is 9.89. The van der Waals surface area contributed by atoms with Crippen LogP contribution in [-0.4, -0.2) is 29.5 Å². The van der Waals surface area contributed by atoms with Crippen LogP contribution in [0.3, 0.4) is 0 Å². The van der Waals surface area contributed by atoms with E-state index in [0.717, 1.165) is 23.2 Å². The molecule has 22 heavy (non-hydrogen) atoms. The van der Waals surface area contributed by atoms with Crippen molar-refractivity contribution >= 4 is 10.9 Å². The van der Waals surface area contributed by atoms with Gasteiger partial charge < -0.3 is 9.88 Å². The molecule has 0 atom stereocenters. The number of para-hydroxylation sites is 1. The molecule has 1 fully saturated rings. The lowest BCUT2D eigenvalue weighted by Crippen LogP contribution is -2.35. The number of unbranched alkanes of at least 4 members (excludes halogenated alkanes) is 1. The minimum Gasteiger partial charge on any atom is -0.322 e. The minimum atomic E-state index is -0.00525. The molecule has 3 heteroatoms. The van der Waals surface area contributed by atoms with E-state index in [1.54, 1.807) is 6.07 Å². The molecule has 0 bridgehead atoms. The van der Waals surface area contributed by atoms with Crippen LogP contribution in [0.4, 0.5) is 0 Å². The number of nitrogens with zero attached hydrogens (tertiary/aromatic N) is 1. The van der Waals surface area contributed by atoms with Crippen LogP contribution in [0.25, 0.3) is 10.9 Å². The molecule has 0 amide bonds. The van der Waals surface area contributed by atoms with Gasteiger partial charge in [-0.1, -0.05) is 31.5 Å². The summed E-state index contributed by atoms with van der Waals surface area (Å²) in [6.07, 6.45) is 6.23. The van der Waals surface area contributed by atoms with E-state index in [1.165, 1.54) is 50.9 Å². The molecule has 2 aromatic rings. The highest BCUT2D eigenvalue weighted by Crippen LogP contribution is 2.25. The van der Waals surface area contributed by atoms with Gasteiger partial charge in [-0.05, 0) is 68.3 Å². The molecule has 1 aliphatic heterocycles. The number of likely N-dealkylation sites (tertiary alicyclic amines) is 1. The fourth-order valence-electron chi connectivity index (χ4n) is 3.52. The van der Waals surface area contributed by atoms with E-state index in [2.05, 4.69) is 35.0 Å². The zero-order valence-corrected chi connectivity index (χ0v) is 13.5. The van der Waals surface area contributed by atoms with E-state index in [4.69, 9.17) is 0 Å². The lowest BCUT2D eigenvalue weighted by molar-refractivity contribution is 0.182. The summed E-state index contributed by atoms with van der Waals surface area (Å²) in [6.45, 7) is 5.97. The Labute approximate surface area is 132 Å². The Morgan fingerprint density at radius 3 is 2.77 bits per heavy atom. The number of aromatic nitrogens is 1. The average molecular weight is 298 g/mol. The highest BCUT2D eigenvalue weighted by atomic mass is 16.1. The topological polar surface area (TPSA) is 36.1 Å². The summed E-state index contributed by atoms with van der Waals surface area (Å²) < 4.78 is 0. The molecule has 118 valence electrons. The molecule has 0 spiro atoms. The lowest BCUT2D eigenvalue weighted by Gasteiger charge is -2.32. The highest BCUT2D eigenvalue weighted by Gasteiger charge is 2.19. The number of benzene rings is 1. The number of nitrogens with one attached hydrogen (secondary N) is 1. The fourth-order valence-corrected chi connectivity index (χ4v) is 3.52. The van der Waals surface area contributed by atoms with Crippen LogP contribution >= 0.6 is 0 Å². The Hall–Kier alpha value is -1.61. The second-order valence-corrected chi connectivity index (χ2v) is 6.55. The van der Waals surface area contributed by atoms with E-state index in [9.17, 15) is 4.79 Å². The van der Waals surface area contributed by atoms with Crippen LogP contribution in [0.2, 0.25) is 0 Å². The van der Waals surface area contributed by atoms with Gasteiger partial charge in [-0.15, -0.1) is 0 Å². The van der Waals surface area contributed by atoms with E-state index in [0.29, 0.717) is 0 Å². The predicted molar refractivity (Wildman–Crippen MR) is 92.3 cm³/mol. The number of fused-ring (bicyclic) bond motifs is 1. The van der Waals surface area contributed by atoms with Crippen molar-refractivity contribution in [3.05, 3.63) is 46.2 Å². The Bertz CT molecular complexity index is 668. The second kappa shape index (κ2) is 7.10. The summed E-state index contributed by atoms with van der Waals surface area (Å²) in [7, 11) is 0. The number of H-pyrrole nitrogens is 1. The zero-order chi connectivity index (χ0) is 15.4. The first kappa shape index (κ1) is 15.3. The van der Waals surface area contributed by atoms with Gasteiger partial charge in [0, 0.05) is 6.07 Å². The van der Waals surface area contributed by atoms with Crippen LogP contribution in [0.5, 0.6) is 0 Å². The molecule has 3 rings (SSSR count). The average Bonchev–Trinajstić information content (AvgIpc) is 2.55. The van der Waals surface area contributed by atoms with Crippen molar-refractivity contribution in [2.24, 2.45) is 5.92 Å². The second-order valence-electron chi connectivity index (χ2n) is 6.55. The van der Waals surface area contributed by atoms with Crippen LogP contribution in [0.1, 0.15) is 38.2 Å². The summed E-state index contributed by atoms with van der Waals surface area (Å²) in [5.41, 5.74) is 2.32. The van der Waals surface area contributed by atoms with E-state index in [1.807, 2.05) is 6.07 Å². The van der Waals surface area contributed by atoms with Gasteiger partial charge in [-0.2, -0.15) is 0 Å². The van der Waals surface area contributed by atoms with Crippen molar-refractivity contribution in [1.29, 1.82) is 0 Å². The monoisotopic (exact) mass is 298 g/mol. The van der Waals surface area contributed by atoms with Gasteiger partial charge in [0.05, 0.1) is 5.52 Å². The molecule has 1 N–H and O–H groups in total. The Kier molecular flexibility index (Phi) is 4.94. The summed E-state index contributed by atoms with van der Waals surface area (Å²) in [6, 6.07) is 9.87. The number of hydrogen-bond acceptors (Lipinski definition) is 2. The first-order chi connectivity index (χ1) is 10.8. The number of hydrogen-bond donors (Lipinski definition) is 1. The van der Waals surface area contributed by atoms with Crippen LogP contribution < -0.4 is 5.56 Å². The number of aromatic amines is 1. The largest absolute Gasteiger partial charge is 0.322 e.